The fraction of sp³-hybridized carbons (Fsp3) is 0.200. The van der Waals surface area contributed by atoms with Gasteiger partial charge in [0.25, 0.3) is 0 Å². The molecule has 0 atom stereocenters. The molecule has 0 unspecified atom stereocenters. The number of ether oxygens (including phenoxy) is 2. The summed E-state index contributed by atoms with van der Waals surface area (Å²) in [6, 6.07) is 14.6. The standard InChI is InChI=1S/C15H17BO4/c1-19-14-7-5-12(6-8-14)9-10-20-15-4-2-3-13(11-15)16(17)18/h2-8,11,17-18H,9-10H2,1H3. The van der Waals surface area contributed by atoms with Gasteiger partial charge in [-0.25, -0.2) is 0 Å². The number of methoxy groups -OCH3 is 1. The lowest BCUT2D eigenvalue weighted by Gasteiger charge is -2.08. The first kappa shape index (κ1) is 14.4. The van der Waals surface area contributed by atoms with Crippen LogP contribution in [0.5, 0.6) is 11.5 Å². The molecule has 0 aliphatic carbocycles. The van der Waals surface area contributed by atoms with Crippen molar-refractivity contribution in [3.8, 4) is 11.5 Å². The first-order valence-corrected chi connectivity index (χ1v) is 6.41. The number of rotatable bonds is 6. The Hall–Kier alpha value is -1.98. The van der Waals surface area contributed by atoms with Crippen LogP contribution in [0.1, 0.15) is 5.56 Å². The van der Waals surface area contributed by atoms with Crippen molar-refractivity contribution in [2.75, 3.05) is 13.7 Å². The van der Waals surface area contributed by atoms with E-state index < -0.39 is 7.12 Å². The second kappa shape index (κ2) is 6.98. The lowest BCUT2D eigenvalue weighted by molar-refractivity contribution is 0.322. The molecular formula is C15H17BO4. The maximum absolute atomic E-state index is 9.09. The zero-order chi connectivity index (χ0) is 14.4. The summed E-state index contributed by atoms with van der Waals surface area (Å²) in [5.74, 6) is 1.46. The first-order valence-electron chi connectivity index (χ1n) is 6.41. The minimum Gasteiger partial charge on any atom is -0.497 e. The van der Waals surface area contributed by atoms with E-state index in [-0.39, 0.29) is 0 Å². The first-order chi connectivity index (χ1) is 9.69. The Labute approximate surface area is 118 Å². The highest BCUT2D eigenvalue weighted by Crippen LogP contribution is 2.13. The second-order valence-corrected chi connectivity index (χ2v) is 4.39. The largest absolute Gasteiger partial charge is 0.497 e. The molecule has 0 saturated heterocycles. The van der Waals surface area contributed by atoms with Crippen LogP contribution < -0.4 is 14.9 Å². The van der Waals surface area contributed by atoms with E-state index in [4.69, 9.17) is 19.5 Å². The Morgan fingerprint density at radius 2 is 1.75 bits per heavy atom. The van der Waals surface area contributed by atoms with Crippen molar-refractivity contribution in [3.05, 3.63) is 54.1 Å². The van der Waals surface area contributed by atoms with Gasteiger partial charge in [-0.1, -0.05) is 24.3 Å². The highest BCUT2D eigenvalue weighted by Gasteiger charge is 2.10. The van der Waals surface area contributed by atoms with Crippen LogP contribution in [0.15, 0.2) is 48.5 Å². The lowest BCUT2D eigenvalue weighted by Crippen LogP contribution is -2.29. The number of benzene rings is 2. The van der Waals surface area contributed by atoms with Crippen molar-refractivity contribution in [2.24, 2.45) is 0 Å². The zero-order valence-corrected chi connectivity index (χ0v) is 11.3. The molecule has 2 aromatic rings. The summed E-state index contributed by atoms with van der Waals surface area (Å²) in [6.07, 6.45) is 0.774. The van der Waals surface area contributed by atoms with E-state index in [9.17, 15) is 0 Å². The van der Waals surface area contributed by atoms with Gasteiger partial charge in [0.1, 0.15) is 11.5 Å². The summed E-state index contributed by atoms with van der Waals surface area (Å²) in [7, 11) is 0.167. The van der Waals surface area contributed by atoms with E-state index in [0.717, 1.165) is 17.7 Å². The fourth-order valence-corrected chi connectivity index (χ4v) is 1.84. The van der Waals surface area contributed by atoms with Crippen LogP contribution in [0.25, 0.3) is 0 Å². The molecule has 104 valence electrons. The minimum atomic E-state index is -1.47. The maximum atomic E-state index is 9.09. The molecule has 5 heteroatoms. The van der Waals surface area contributed by atoms with Gasteiger partial charge in [0.05, 0.1) is 13.7 Å². The van der Waals surface area contributed by atoms with Gasteiger partial charge in [0, 0.05) is 6.42 Å². The molecule has 20 heavy (non-hydrogen) atoms. The third-order valence-electron chi connectivity index (χ3n) is 2.97. The number of hydrogen-bond donors (Lipinski definition) is 2. The molecule has 0 saturated carbocycles. The SMILES string of the molecule is COc1ccc(CCOc2cccc(B(O)O)c2)cc1. The zero-order valence-electron chi connectivity index (χ0n) is 11.3. The molecule has 0 spiro atoms. The molecule has 2 aromatic carbocycles. The van der Waals surface area contributed by atoms with E-state index in [0.29, 0.717) is 17.8 Å². The van der Waals surface area contributed by atoms with Gasteiger partial charge in [-0.15, -0.1) is 0 Å². The van der Waals surface area contributed by atoms with Crippen molar-refractivity contribution in [1.82, 2.24) is 0 Å². The molecule has 0 heterocycles. The van der Waals surface area contributed by atoms with Crippen LogP contribution in [-0.2, 0) is 6.42 Å². The van der Waals surface area contributed by atoms with Crippen LogP contribution in [0.3, 0.4) is 0 Å². The average Bonchev–Trinajstić information content (AvgIpc) is 2.48. The Kier molecular flexibility index (Phi) is 5.04. The second-order valence-electron chi connectivity index (χ2n) is 4.39. The molecule has 0 fully saturated rings. The predicted octanol–water partition coefficient (Wildman–Crippen LogP) is 0.996. The minimum absolute atomic E-state index is 0.423. The third kappa shape index (κ3) is 4.01. The smallest absolute Gasteiger partial charge is 0.488 e. The Morgan fingerprint density at radius 3 is 2.40 bits per heavy atom. The van der Waals surface area contributed by atoms with Crippen molar-refractivity contribution in [3.63, 3.8) is 0 Å². The quantitative estimate of drug-likeness (QED) is 0.770. The molecule has 4 nitrogen and oxygen atoms in total. The Bertz CT molecular complexity index is 540. The van der Waals surface area contributed by atoms with E-state index in [1.54, 1.807) is 31.4 Å². The average molecular weight is 272 g/mol. The summed E-state index contributed by atoms with van der Waals surface area (Å²) >= 11 is 0. The number of hydrogen-bond acceptors (Lipinski definition) is 4. The highest BCUT2D eigenvalue weighted by atomic mass is 16.5. The maximum Gasteiger partial charge on any atom is 0.488 e. The predicted molar refractivity (Wildman–Crippen MR) is 78.5 cm³/mol. The van der Waals surface area contributed by atoms with Gasteiger partial charge in [0.2, 0.25) is 0 Å². The molecule has 0 aliphatic heterocycles. The molecule has 2 rings (SSSR count). The summed E-state index contributed by atoms with van der Waals surface area (Å²) in [5.41, 5.74) is 1.58. The van der Waals surface area contributed by atoms with Crippen molar-refractivity contribution in [2.45, 2.75) is 6.42 Å². The Morgan fingerprint density at radius 1 is 1.00 bits per heavy atom. The Balaban J connectivity index is 1.87. The monoisotopic (exact) mass is 272 g/mol. The van der Waals surface area contributed by atoms with Crippen molar-refractivity contribution >= 4 is 12.6 Å². The molecule has 0 bridgehead atoms. The molecular weight excluding hydrogens is 255 g/mol. The topological polar surface area (TPSA) is 58.9 Å². The molecule has 0 aromatic heterocycles. The van der Waals surface area contributed by atoms with Gasteiger partial charge < -0.3 is 19.5 Å². The summed E-state index contributed by atoms with van der Waals surface area (Å²) < 4.78 is 10.7. The summed E-state index contributed by atoms with van der Waals surface area (Å²) in [6.45, 7) is 0.525. The van der Waals surface area contributed by atoms with E-state index in [1.807, 2.05) is 24.3 Å². The lowest BCUT2D eigenvalue weighted by atomic mass is 9.80. The molecule has 0 aliphatic rings. The van der Waals surface area contributed by atoms with Gasteiger partial charge in [-0.05, 0) is 35.3 Å². The summed E-state index contributed by atoms with van der Waals surface area (Å²) in [4.78, 5) is 0. The van der Waals surface area contributed by atoms with E-state index >= 15 is 0 Å². The van der Waals surface area contributed by atoms with Crippen LogP contribution >= 0.6 is 0 Å². The third-order valence-corrected chi connectivity index (χ3v) is 2.97. The van der Waals surface area contributed by atoms with Crippen molar-refractivity contribution in [1.29, 1.82) is 0 Å². The van der Waals surface area contributed by atoms with Crippen LogP contribution in [0.2, 0.25) is 0 Å². The van der Waals surface area contributed by atoms with Gasteiger partial charge in [0.15, 0.2) is 0 Å². The molecule has 0 radical (unpaired) electrons. The van der Waals surface area contributed by atoms with Crippen LogP contribution in [0, 0.1) is 0 Å². The fourth-order valence-electron chi connectivity index (χ4n) is 1.84. The van der Waals surface area contributed by atoms with E-state index in [1.165, 1.54) is 0 Å². The normalized spacial score (nSPS) is 10.2. The van der Waals surface area contributed by atoms with Crippen LogP contribution in [-0.4, -0.2) is 30.9 Å². The van der Waals surface area contributed by atoms with Gasteiger partial charge >= 0.3 is 7.12 Å². The van der Waals surface area contributed by atoms with Crippen molar-refractivity contribution < 1.29 is 19.5 Å². The molecule has 2 N–H and O–H groups in total. The van der Waals surface area contributed by atoms with E-state index in [2.05, 4.69) is 0 Å². The van der Waals surface area contributed by atoms with Gasteiger partial charge in [-0.3, -0.25) is 0 Å². The highest BCUT2D eigenvalue weighted by molar-refractivity contribution is 6.58. The summed E-state index contributed by atoms with van der Waals surface area (Å²) in [5, 5.41) is 18.2. The molecule has 0 amide bonds. The van der Waals surface area contributed by atoms with Crippen LogP contribution in [0.4, 0.5) is 0 Å². The van der Waals surface area contributed by atoms with Gasteiger partial charge in [-0.2, -0.15) is 0 Å².